The molecule has 0 spiro atoms. The van der Waals surface area contributed by atoms with Gasteiger partial charge >= 0.3 is 0 Å². The van der Waals surface area contributed by atoms with Crippen molar-refractivity contribution in [3.63, 3.8) is 0 Å². The summed E-state index contributed by atoms with van der Waals surface area (Å²) in [6.07, 6.45) is 3.30. The topological polar surface area (TPSA) is 58.2 Å². The SMILES string of the molecule is CC(C)CC(=O)NCCCCC(NC(C)C)C(=O)C(C)C. The highest BCUT2D eigenvalue weighted by Gasteiger charge is 2.21. The molecule has 0 saturated heterocycles. The first-order chi connectivity index (χ1) is 9.73. The molecule has 0 bridgehead atoms. The first kappa shape index (κ1) is 20.1. The lowest BCUT2D eigenvalue weighted by atomic mass is 9.96. The van der Waals surface area contributed by atoms with E-state index < -0.39 is 0 Å². The van der Waals surface area contributed by atoms with Crippen LogP contribution in [-0.4, -0.2) is 30.3 Å². The van der Waals surface area contributed by atoms with Gasteiger partial charge in [-0.1, -0.05) is 41.5 Å². The van der Waals surface area contributed by atoms with E-state index in [9.17, 15) is 9.59 Å². The largest absolute Gasteiger partial charge is 0.356 e. The number of nitrogens with one attached hydrogen (secondary N) is 2. The molecule has 21 heavy (non-hydrogen) atoms. The molecule has 4 nitrogen and oxygen atoms in total. The van der Waals surface area contributed by atoms with E-state index in [0.29, 0.717) is 24.9 Å². The fraction of sp³-hybridized carbons (Fsp3) is 0.882. The smallest absolute Gasteiger partial charge is 0.220 e. The normalized spacial score (nSPS) is 13.0. The zero-order valence-electron chi connectivity index (χ0n) is 14.7. The summed E-state index contributed by atoms with van der Waals surface area (Å²) in [6.45, 7) is 12.8. The van der Waals surface area contributed by atoms with Gasteiger partial charge in [0.25, 0.3) is 0 Å². The number of amides is 1. The monoisotopic (exact) mass is 298 g/mol. The Morgan fingerprint density at radius 1 is 0.952 bits per heavy atom. The summed E-state index contributed by atoms with van der Waals surface area (Å²) < 4.78 is 0. The van der Waals surface area contributed by atoms with E-state index in [-0.39, 0.29) is 23.7 Å². The van der Waals surface area contributed by atoms with Gasteiger partial charge in [-0.05, 0) is 25.2 Å². The van der Waals surface area contributed by atoms with Gasteiger partial charge in [0.2, 0.25) is 5.91 Å². The Hall–Kier alpha value is -0.900. The quantitative estimate of drug-likeness (QED) is 0.577. The van der Waals surface area contributed by atoms with E-state index in [1.807, 2.05) is 27.7 Å². The molecule has 1 atom stereocenters. The summed E-state index contributed by atoms with van der Waals surface area (Å²) in [5.41, 5.74) is 0. The maximum absolute atomic E-state index is 12.1. The maximum atomic E-state index is 12.1. The van der Waals surface area contributed by atoms with Crippen LogP contribution in [-0.2, 0) is 9.59 Å². The van der Waals surface area contributed by atoms with Gasteiger partial charge in [0.1, 0.15) is 0 Å². The van der Waals surface area contributed by atoms with Crippen molar-refractivity contribution < 1.29 is 9.59 Å². The Morgan fingerprint density at radius 3 is 2.05 bits per heavy atom. The molecule has 0 aromatic rings. The summed E-state index contributed by atoms with van der Waals surface area (Å²) >= 11 is 0. The average molecular weight is 298 g/mol. The van der Waals surface area contributed by atoms with Crippen LogP contribution in [0.15, 0.2) is 0 Å². The summed E-state index contributed by atoms with van der Waals surface area (Å²) in [7, 11) is 0. The van der Waals surface area contributed by atoms with Crippen molar-refractivity contribution in [2.75, 3.05) is 6.54 Å². The zero-order chi connectivity index (χ0) is 16.4. The highest BCUT2D eigenvalue weighted by atomic mass is 16.1. The minimum Gasteiger partial charge on any atom is -0.356 e. The standard InChI is InChI=1S/C17H34N2O2/c1-12(2)11-16(20)18-10-8-7-9-15(19-14(5)6)17(21)13(3)4/h12-15,19H,7-11H2,1-6H3,(H,18,20). The molecule has 0 fully saturated rings. The Bertz CT molecular complexity index is 312. The van der Waals surface area contributed by atoms with Crippen LogP contribution < -0.4 is 10.6 Å². The van der Waals surface area contributed by atoms with E-state index in [1.165, 1.54) is 0 Å². The highest BCUT2D eigenvalue weighted by molar-refractivity contribution is 5.85. The fourth-order valence-corrected chi connectivity index (χ4v) is 2.26. The van der Waals surface area contributed by atoms with Crippen molar-refractivity contribution in [3.8, 4) is 0 Å². The molecule has 1 unspecified atom stereocenters. The Balaban J connectivity index is 3.98. The third-order valence-electron chi connectivity index (χ3n) is 3.28. The van der Waals surface area contributed by atoms with Crippen LogP contribution in [0.5, 0.6) is 0 Å². The molecule has 0 aromatic heterocycles. The Morgan fingerprint density at radius 2 is 1.57 bits per heavy atom. The molecule has 0 radical (unpaired) electrons. The van der Waals surface area contributed by atoms with Crippen LogP contribution in [0, 0.1) is 11.8 Å². The van der Waals surface area contributed by atoms with Crippen molar-refractivity contribution in [1.82, 2.24) is 10.6 Å². The van der Waals surface area contributed by atoms with E-state index in [2.05, 4.69) is 24.5 Å². The van der Waals surface area contributed by atoms with Crippen LogP contribution in [0.25, 0.3) is 0 Å². The lowest BCUT2D eigenvalue weighted by Crippen LogP contribution is -2.42. The van der Waals surface area contributed by atoms with E-state index >= 15 is 0 Å². The minimum atomic E-state index is -0.0589. The summed E-state index contributed by atoms with van der Waals surface area (Å²) in [4.78, 5) is 23.7. The summed E-state index contributed by atoms with van der Waals surface area (Å²) in [5, 5.41) is 6.29. The Kier molecular flexibility index (Phi) is 10.3. The van der Waals surface area contributed by atoms with Crippen LogP contribution >= 0.6 is 0 Å². The predicted molar refractivity (Wildman–Crippen MR) is 88.2 cm³/mol. The van der Waals surface area contributed by atoms with Gasteiger partial charge in [0.05, 0.1) is 6.04 Å². The third kappa shape index (κ3) is 10.5. The summed E-state index contributed by atoms with van der Waals surface area (Å²) in [6, 6.07) is 0.250. The second-order valence-corrected chi connectivity index (χ2v) is 6.87. The lowest BCUT2D eigenvalue weighted by molar-refractivity contribution is -0.124. The number of hydrogen-bond donors (Lipinski definition) is 2. The van der Waals surface area contributed by atoms with Gasteiger partial charge in [-0.25, -0.2) is 0 Å². The van der Waals surface area contributed by atoms with Crippen molar-refractivity contribution in [2.24, 2.45) is 11.8 Å². The van der Waals surface area contributed by atoms with Crippen LogP contribution in [0.1, 0.15) is 67.2 Å². The molecule has 4 heteroatoms. The predicted octanol–water partition coefficient (Wildman–Crippen LogP) is 2.91. The number of carbonyl (C=O) groups is 2. The van der Waals surface area contributed by atoms with Gasteiger partial charge in [-0.2, -0.15) is 0 Å². The zero-order valence-corrected chi connectivity index (χ0v) is 14.7. The molecular weight excluding hydrogens is 264 g/mol. The average Bonchev–Trinajstić information content (AvgIpc) is 2.34. The molecule has 1 amide bonds. The molecule has 0 rings (SSSR count). The maximum Gasteiger partial charge on any atom is 0.220 e. The molecule has 0 aliphatic carbocycles. The number of Topliss-reactive ketones (excluding diaryl/α,β-unsaturated/α-hetero) is 1. The van der Waals surface area contributed by atoms with Crippen molar-refractivity contribution in [1.29, 1.82) is 0 Å². The molecule has 0 saturated carbocycles. The molecule has 0 aliphatic rings. The van der Waals surface area contributed by atoms with E-state index in [0.717, 1.165) is 19.3 Å². The second-order valence-electron chi connectivity index (χ2n) is 6.87. The molecule has 2 N–H and O–H groups in total. The molecule has 124 valence electrons. The van der Waals surface area contributed by atoms with Crippen LogP contribution in [0.3, 0.4) is 0 Å². The first-order valence-electron chi connectivity index (χ1n) is 8.30. The van der Waals surface area contributed by atoms with Gasteiger partial charge in [-0.3, -0.25) is 9.59 Å². The van der Waals surface area contributed by atoms with Gasteiger partial charge in [-0.15, -0.1) is 0 Å². The first-order valence-corrected chi connectivity index (χ1v) is 8.30. The van der Waals surface area contributed by atoms with Crippen LogP contribution in [0.4, 0.5) is 0 Å². The van der Waals surface area contributed by atoms with Crippen molar-refractivity contribution in [3.05, 3.63) is 0 Å². The van der Waals surface area contributed by atoms with E-state index in [1.54, 1.807) is 0 Å². The summed E-state index contributed by atoms with van der Waals surface area (Å²) in [5.74, 6) is 0.868. The van der Waals surface area contributed by atoms with Gasteiger partial charge in [0.15, 0.2) is 5.78 Å². The third-order valence-corrected chi connectivity index (χ3v) is 3.28. The molecule has 0 aliphatic heterocycles. The van der Waals surface area contributed by atoms with Gasteiger partial charge < -0.3 is 10.6 Å². The number of ketones is 1. The number of hydrogen-bond acceptors (Lipinski definition) is 3. The second kappa shape index (κ2) is 10.8. The van der Waals surface area contributed by atoms with E-state index in [4.69, 9.17) is 0 Å². The fourth-order valence-electron chi connectivity index (χ4n) is 2.26. The minimum absolute atomic E-state index is 0.0589. The number of carbonyl (C=O) groups excluding carboxylic acids is 2. The van der Waals surface area contributed by atoms with Gasteiger partial charge in [0, 0.05) is 24.9 Å². The molecule has 0 aromatic carbocycles. The van der Waals surface area contributed by atoms with Crippen molar-refractivity contribution in [2.45, 2.75) is 79.3 Å². The lowest BCUT2D eigenvalue weighted by Gasteiger charge is -2.22. The molecular formula is C17H34N2O2. The Labute approximate surface area is 130 Å². The van der Waals surface area contributed by atoms with Crippen LogP contribution in [0.2, 0.25) is 0 Å². The number of unbranched alkanes of at least 4 members (excludes halogenated alkanes) is 1. The highest BCUT2D eigenvalue weighted by Crippen LogP contribution is 2.09. The van der Waals surface area contributed by atoms with Crippen molar-refractivity contribution >= 4 is 11.7 Å². The molecule has 0 heterocycles. The number of rotatable bonds is 11.